The summed E-state index contributed by atoms with van der Waals surface area (Å²) >= 11 is 1.38. The summed E-state index contributed by atoms with van der Waals surface area (Å²) in [7, 11) is 0. The van der Waals surface area contributed by atoms with E-state index < -0.39 is 66.2 Å². The molecule has 0 fully saturated rings. The molecule has 36 heavy (non-hydrogen) atoms. The minimum atomic E-state index is -1.40. The van der Waals surface area contributed by atoms with Crippen molar-refractivity contribution in [2.75, 3.05) is 12.0 Å². The van der Waals surface area contributed by atoms with Crippen LogP contribution in [0.25, 0.3) is 0 Å². The number of hydrogen-bond acceptors (Lipinski definition) is 9. The molecule has 0 bridgehead atoms. The Labute approximate surface area is 210 Å². The number of carboxylic acid groups (broad SMARTS) is 2. The van der Waals surface area contributed by atoms with Crippen LogP contribution in [0, 0.1) is 0 Å². The van der Waals surface area contributed by atoms with E-state index in [4.69, 9.17) is 16.6 Å². The molecule has 1 aromatic rings. The van der Waals surface area contributed by atoms with Crippen molar-refractivity contribution in [1.82, 2.24) is 25.9 Å². The summed E-state index contributed by atoms with van der Waals surface area (Å²) in [6, 6.07) is -5.30. The lowest BCUT2D eigenvalue weighted by Crippen LogP contribution is -2.57. The number of nitrogens with two attached hydrogens (primary N) is 2. The van der Waals surface area contributed by atoms with Crippen LogP contribution in [0.3, 0.4) is 0 Å². The number of carbonyl (C=O) groups is 6. The van der Waals surface area contributed by atoms with Gasteiger partial charge in [0.15, 0.2) is 0 Å². The Morgan fingerprint density at radius 1 is 1.00 bits per heavy atom. The highest BCUT2D eigenvalue weighted by atomic mass is 32.2. The maximum Gasteiger partial charge on any atom is 0.326 e. The number of carbonyl (C=O) groups excluding carboxylic acids is 4. The van der Waals surface area contributed by atoms with Gasteiger partial charge in [-0.15, -0.1) is 0 Å². The van der Waals surface area contributed by atoms with Crippen LogP contribution in [0.2, 0.25) is 0 Å². The summed E-state index contributed by atoms with van der Waals surface area (Å²) < 4.78 is 0. The van der Waals surface area contributed by atoms with Gasteiger partial charge in [-0.1, -0.05) is 0 Å². The highest BCUT2D eigenvalue weighted by molar-refractivity contribution is 7.98. The second-order valence-electron chi connectivity index (χ2n) is 7.79. The molecule has 0 spiro atoms. The molecule has 4 amide bonds. The number of nitrogens with zero attached hydrogens (tertiary/aromatic N) is 1. The third-order valence-corrected chi connectivity index (χ3v) is 5.52. The van der Waals surface area contributed by atoms with Crippen LogP contribution >= 0.6 is 11.8 Å². The van der Waals surface area contributed by atoms with E-state index in [1.165, 1.54) is 24.3 Å². The van der Waals surface area contributed by atoms with Gasteiger partial charge >= 0.3 is 11.9 Å². The van der Waals surface area contributed by atoms with Crippen molar-refractivity contribution in [2.24, 2.45) is 11.5 Å². The number of primary amides is 1. The van der Waals surface area contributed by atoms with Crippen molar-refractivity contribution in [3.8, 4) is 0 Å². The van der Waals surface area contributed by atoms with Gasteiger partial charge in [0, 0.05) is 24.7 Å². The zero-order valence-electron chi connectivity index (χ0n) is 19.6. The SMILES string of the molecule is CSCCC(NC(=O)C(N)CC(=O)O)C(=O)NC(CCC(N)=O)C(=O)NC(Cc1cnc[nH]1)C(=O)O. The first kappa shape index (κ1) is 30.4. The first-order chi connectivity index (χ1) is 16.9. The Bertz CT molecular complexity index is 927. The maximum atomic E-state index is 12.9. The fourth-order valence-electron chi connectivity index (χ4n) is 2.98. The minimum Gasteiger partial charge on any atom is -0.481 e. The van der Waals surface area contributed by atoms with Crippen LogP contribution in [0.4, 0.5) is 0 Å². The minimum absolute atomic E-state index is 0.120. The quantitative estimate of drug-likeness (QED) is 0.103. The molecule has 0 aliphatic carbocycles. The summed E-state index contributed by atoms with van der Waals surface area (Å²) in [5.41, 5.74) is 11.2. The molecule has 0 saturated carbocycles. The van der Waals surface area contributed by atoms with Gasteiger partial charge in [-0.2, -0.15) is 11.8 Å². The van der Waals surface area contributed by atoms with Crippen LogP contribution in [0.1, 0.15) is 31.4 Å². The van der Waals surface area contributed by atoms with Gasteiger partial charge in [-0.3, -0.25) is 24.0 Å². The van der Waals surface area contributed by atoms with Crippen LogP contribution in [-0.4, -0.2) is 91.9 Å². The number of rotatable bonds is 17. The van der Waals surface area contributed by atoms with E-state index in [2.05, 4.69) is 25.9 Å². The first-order valence-corrected chi connectivity index (χ1v) is 12.2. The average Bonchev–Trinajstić information content (AvgIpc) is 3.30. The van der Waals surface area contributed by atoms with E-state index in [1.54, 1.807) is 6.26 Å². The third kappa shape index (κ3) is 11.2. The molecule has 10 N–H and O–H groups in total. The number of aromatic amines is 1. The molecule has 0 radical (unpaired) electrons. The number of nitrogens with one attached hydrogen (secondary N) is 4. The molecule has 4 atom stereocenters. The first-order valence-electron chi connectivity index (χ1n) is 10.8. The number of aromatic nitrogens is 2. The molecule has 1 heterocycles. The van der Waals surface area contributed by atoms with Crippen molar-refractivity contribution in [1.29, 1.82) is 0 Å². The predicted molar refractivity (Wildman–Crippen MR) is 127 cm³/mol. The Kier molecular flexibility index (Phi) is 13.0. The average molecular weight is 530 g/mol. The Morgan fingerprint density at radius 3 is 2.08 bits per heavy atom. The Hall–Kier alpha value is -3.66. The molecular formula is C20H31N7O8S. The summed E-state index contributed by atoms with van der Waals surface area (Å²) in [4.78, 5) is 78.4. The predicted octanol–water partition coefficient (Wildman–Crippen LogP) is -2.69. The molecule has 0 aromatic carbocycles. The van der Waals surface area contributed by atoms with E-state index in [9.17, 15) is 33.9 Å². The van der Waals surface area contributed by atoms with Crippen LogP contribution in [0.5, 0.6) is 0 Å². The summed E-state index contributed by atoms with van der Waals surface area (Å²) in [6.07, 6.45) is 3.33. The molecule has 4 unspecified atom stereocenters. The standard InChI is InChI=1S/C20H31N7O8S/c1-36-5-4-13(25-17(31)11(21)7-16(29)30)19(33)26-12(2-3-15(22)28)18(32)27-14(20(34)35)6-10-8-23-9-24-10/h8-9,11-14H,2-7,21H2,1H3,(H2,22,28)(H,23,24)(H,25,31)(H,26,33)(H,27,32)(H,29,30)(H,34,35). The van der Waals surface area contributed by atoms with Gasteiger partial charge < -0.3 is 42.6 Å². The molecule has 16 heteroatoms. The van der Waals surface area contributed by atoms with Gasteiger partial charge in [0.2, 0.25) is 23.6 Å². The van der Waals surface area contributed by atoms with Gasteiger partial charge in [-0.05, 0) is 24.9 Å². The third-order valence-electron chi connectivity index (χ3n) is 4.88. The van der Waals surface area contributed by atoms with Crippen molar-refractivity contribution < 1.29 is 39.0 Å². The Balaban J connectivity index is 2.99. The number of imidazole rings is 1. The zero-order chi connectivity index (χ0) is 27.3. The Morgan fingerprint density at radius 2 is 1.58 bits per heavy atom. The number of thioether (sulfide) groups is 1. The fraction of sp³-hybridized carbons (Fsp3) is 0.550. The molecule has 0 saturated heterocycles. The topological polar surface area (TPSA) is 260 Å². The van der Waals surface area contributed by atoms with E-state index in [0.29, 0.717) is 11.4 Å². The van der Waals surface area contributed by atoms with E-state index in [1.807, 2.05) is 0 Å². The van der Waals surface area contributed by atoms with Gasteiger partial charge in [0.1, 0.15) is 18.1 Å². The molecule has 1 aromatic heterocycles. The van der Waals surface area contributed by atoms with Crippen molar-refractivity contribution in [3.63, 3.8) is 0 Å². The number of amides is 4. The van der Waals surface area contributed by atoms with E-state index >= 15 is 0 Å². The molecule has 0 aliphatic heterocycles. The largest absolute Gasteiger partial charge is 0.481 e. The molecule has 0 aliphatic rings. The lowest BCUT2D eigenvalue weighted by molar-refractivity contribution is -0.142. The monoisotopic (exact) mass is 529 g/mol. The second-order valence-corrected chi connectivity index (χ2v) is 8.78. The fourth-order valence-corrected chi connectivity index (χ4v) is 3.45. The molecule has 200 valence electrons. The summed E-state index contributed by atoms with van der Waals surface area (Å²) in [6.45, 7) is 0. The van der Waals surface area contributed by atoms with Crippen LogP contribution in [0.15, 0.2) is 12.5 Å². The number of aliphatic carboxylic acids is 2. The lowest BCUT2D eigenvalue weighted by Gasteiger charge is -2.25. The van der Waals surface area contributed by atoms with Crippen molar-refractivity contribution in [2.45, 2.75) is 56.3 Å². The number of carboxylic acids is 2. The zero-order valence-corrected chi connectivity index (χ0v) is 20.4. The molecule has 1 rings (SSSR count). The molecular weight excluding hydrogens is 498 g/mol. The van der Waals surface area contributed by atoms with E-state index in [-0.39, 0.29) is 25.7 Å². The van der Waals surface area contributed by atoms with Gasteiger partial charge in [0.25, 0.3) is 0 Å². The van der Waals surface area contributed by atoms with Gasteiger partial charge in [0.05, 0.1) is 18.8 Å². The smallest absolute Gasteiger partial charge is 0.326 e. The van der Waals surface area contributed by atoms with Gasteiger partial charge in [-0.25, -0.2) is 9.78 Å². The van der Waals surface area contributed by atoms with Crippen LogP contribution < -0.4 is 27.4 Å². The van der Waals surface area contributed by atoms with Crippen molar-refractivity contribution >= 4 is 47.3 Å². The summed E-state index contributed by atoms with van der Waals surface area (Å²) in [5.74, 6) is -5.51. The van der Waals surface area contributed by atoms with Crippen molar-refractivity contribution in [3.05, 3.63) is 18.2 Å². The summed E-state index contributed by atoms with van der Waals surface area (Å²) in [5, 5.41) is 25.4. The lowest BCUT2D eigenvalue weighted by atomic mass is 10.1. The number of hydrogen-bond donors (Lipinski definition) is 8. The highest BCUT2D eigenvalue weighted by Crippen LogP contribution is 2.06. The molecule has 15 nitrogen and oxygen atoms in total. The maximum absolute atomic E-state index is 12.9. The van der Waals surface area contributed by atoms with E-state index in [0.717, 1.165) is 0 Å². The van der Waals surface area contributed by atoms with Crippen LogP contribution in [-0.2, 0) is 35.2 Å². The number of H-pyrrole nitrogens is 1. The second kappa shape index (κ2) is 15.4. The highest BCUT2D eigenvalue weighted by Gasteiger charge is 2.31. The normalized spacial score (nSPS) is 14.1.